The number of anilines is 6. The molecule has 0 atom stereocenters. The van der Waals surface area contributed by atoms with Gasteiger partial charge in [-0.1, -0.05) is 64.1 Å². The quantitative estimate of drug-likeness (QED) is 0.153. The molecule has 2 heterocycles. The summed E-state index contributed by atoms with van der Waals surface area (Å²) < 4.78 is 41.6. The third-order valence-electron chi connectivity index (χ3n) is 12.3. The molecule has 0 unspecified atom stereocenters. The maximum absolute atomic E-state index is 14.1. The van der Waals surface area contributed by atoms with Gasteiger partial charge in [0.2, 0.25) is 0 Å². The Kier molecular flexibility index (Phi) is 8.86. The van der Waals surface area contributed by atoms with Gasteiger partial charge in [-0.2, -0.15) is 0 Å². The smallest absolute Gasteiger partial charge is 0.143 e. The molecule has 2 aromatic heterocycles. The second kappa shape index (κ2) is 14.6. The fourth-order valence-electron chi connectivity index (χ4n) is 8.96. The first-order valence-corrected chi connectivity index (χ1v) is 21.2. The standard InChI is InChI=1S/C56H42F2N2O2/c1-33(2)35-5-15-41(16-6-35)59(43-19-11-39(57)12-20-43)45-23-27-47-37(29-45)9-25-49-51-31-54-52(32-53(51)61-55(47)49)50-26-10-38-30-46(24-28-48(38)56(50)62-54)60(44-21-13-40(58)14-22-44)42-17-7-36(8-18-42)34(3)4/h5-34H,1-4H3. The average molecular weight is 813 g/mol. The zero-order valence-electron chi connectivity index (χ0n) is 34.8. The van der Waals surface area contributed by atoms with E-state index in [9.17, 15) is 8.78 Å². The summed E-state index contributed by atoms with van der Waals surface area (Å²) in [7, 11) is 0. The summed E-state index contributed by atoms with van der Waals surface area (Å²) in [5.74, 6) is 0.288. The van der Waals surface area contributed by atoms with Crippen molar-refractivity contribution in [2.45, 2.75) is 39.5 Å². The Morgan fingerprint density at radius 3 is 1.02 bits per heavy atom. The first-order chi connectivity index (χ1) is 30.2. The lowest BCUT2D eigenvalue weighted by Gasteiger charge is -2.26. The minimum absolute atomic E-state index is 0.271. The van der Waals surface area contributed by atoms with E-state index in [-0.39, 0.29) is 11.6 Å². The van der Waals surface area contributed by atoms with Gasteiger partial charge in [-0.3, -0.25) is 0 Å². The summed E-state index contributed by atoms with van der Waals surface area (Å²) in [6.45, 7) is 8.75. The maximum Gasteiger partial charge on any atom is 0.143 e. The van der Waals surface area contributed by atoms with E-state index in [1.54, 1.807) is 0 Å². The summed E-state index contributed by atoms with van der Waals surface area (Å²) >= 11 is 0. The Morgan fingerprint density at radius 2 is 0.661 bits per heavy atom. The summed E-state index contributed by atoms with van der Waals surface area (Å²) in [6, 6.07) is 55.9. The second-order valence-electron chi connectivity index (χ2n) is 16.9. The van der Waals surface area contributed by atoms with Crippen molar-refractivity contribution >= 4 is 99.5 Å². The molecule has 0 spiro atoms. The van der Waals surface area contributed by atoms with Crippen molar-refractivity contribution in [3.8, 4) is 0 Å². The molecule has 0 saturated carbocycles. The topological polar surface area (TPSA) is 32.8 Å². The predicted molar refractivity (Wildman–Crippen MR) is 253 cm³/mol. The second-order valence-corrected chi connectivity index (χ2v) is 16.9. The largest absolute Gasteiger partial charge is 0.455 e. The molecule has 0 radical (unpaired) electrons. The van der Waals surface area contributed by atoms with Crippen LogP contribution in [0, 0.1) is 11.6 Å². The Labute approximate surface area is 357 Å². The van der Waals surface area contributed by atoms with Crippen LogP contribution in [-0.2, 0) is 0 Å². The molecule has 4 nitrogen and oxygen atoms in total. The van der Waals surface area contributed by atoms with Gasteiger partial charge in [-0.15, -0.1) is 0 Å². The Hall–Kier alpha value is -7.44. The molecule has 0 N–H and O–H groups in total. The number of fused-ring (bicyclic) bond motifs is 10. The highest BCUT2D eigenvalue weighted by atomic mass is 19.1. The van der Waals surface area contributed by atoms with Crippen molar-refractivity contribution in [1.29, 1.82) is 0 Å². The summed E-state index contributed by atoms with van der Waals surface area (Å²) in [6.07, 6.45) is 0. The number of benzene rings is 9. The van der Waals surface area contributed by atoms with E-state index in [0.717, 1.165) is 99.5 Å². The van der Waals surface area contributed by atoms with Crippen LogP contribution in [0.4, 0.5) is 42.9 Å². The molecule has 62 heavy (non-hydrogen) atoms. The van der Waals surface area contributed by atoms with Crippen molar-refractivity contribution in [2.24, 2.45) is 0 Å². The normalized spacial score (nSPS) is 12.0. The van der Waals surface area contributed by atoms with Crippen LogP contribution < -0.4 is 9.80 Å². The van der Waals surface area contributed by atoms with E-state index in [4.69, 9.17) is 8.83 Å². The number of hydrogen-bond donors (Lipinski definition) is 0. The van der Waals surface area contributed by atoms with Crippen LogP contribution in [0.25, 0.3) is 65.4 Å². The lowest BCUT2D eigenvalue weighted by Crippen LogP contribution is -2.10. The van der Waals surface area contributed by atoms with Gasteiger partial charge >= 0.3 is 0 Å². The highest BCUT2D eigenvalue weighted by Gasteiger charge is 2.20. The van der Waals surface area contributed by atoms with Crippen molar-refractivity contribution in [3.63, 3.8) is 0 Å². The molecule has 11 aromatic rings. The molecule has 0 aliphatic heterocycles. The van der Waals surface area contributed by atoms with Gasteiger partial charge in [0.25, 0.3) is 0 Å². The van der Waals surface area contributed by atoms with Gasteiger partial charge in [-0.25, -0.2) is 8.78 Å². The van der Waals surface area contributed by atoms with Crippen LogP contribution in [0.15, 0.2) is 179 Å². The molecule has 0 fully saturated rings. The van der Waals surface area contributed by atoms with E-state index in [1.165, 1.54) is 35.4 Å². The van der Waals surface area contributed by atoms with E-state index in [1.807, 2.05) is 24.3 Å². The van der Waals surface area contributed by atoms with Crippen molar-refractivity contribution in [1.82, 2.24) is 0 Å². The molecule has 0 bridgehead atoms. The molecule has 0 aliphatic carbocycles. The van der Waals surface area contributed by atoms with E-state index in [2.05, 4.69) is 159 Å². The van der Waals surface area contributed by atoms with Gasteiger partial charge in [0, 0.05) is 66.4 Å². The van der Waals surface area contributed by atoms with E-state index >= 15 is 0 Å². The van der Waals surface area contributed by atoms with Crippen LogP contribution in [0.3, 0.4) is 0 Å². The summed E-state index contributed by atoms with van der Waals surface area (Å²) in [5, 5.41) is 8.08. The summed E-state index contributed by atoms with van der Waals surface area (Å²) in [5.41, 5.74) is 11.4. The number of rotatable bonds is 8. The third kappa shape index (κ3) is 6.33. The lowest BCUT2D eigenvalue weighted by molar-refractivity contribution is 0.627. The molecule has 0 amide bonds. The number of furan rings is 2. The number of nitrogens with zero attached hydrogens (tertiary/aromatic N) is 2. The zero-order valence-corrected chi connectivity index (χ0v) is 34.8. The Bertz CT molecular complexity index is 3240. The highest BCUT2D eigenvalue weighted by molar-refractivity contribution is 6.21. The maximum atomic E-state index is 14.1. The number of hydrogen-bond acceptors (Lipinski definition) is 4. The number of halogens is 2. The Balaban J connectivity index is 0.984. The van der Waals surface area contributed by atoms with E-state index < -0.39 is 0 Å². The summed E-state index contributed by atoms with van der Waals surface area (Å²) in [4.78, 5) is 4.31. The molecular formula is C56H42F2N2O2. The van der Waals surface area contributed by atoms with Crippen LogP contribution in [0.1, 0.15) is 50.7 Å². The first kappa shape index (κ1) is 37.6. The first-order valence-electron chi connectivity index (χ1n) is 21.2. The molecule has 302 valence electrons. The van der Waals surface area contributed by atoms with Crippen LogP contribution >= 0.6 is 0 Å². The molecule has 0 aliphatic rings. The monoisotopic (exact) mass is 812 g/mol. The molecule has 0 saturated heterocycles. The molecule has 11 rings (SSSR count). The highest BCUT2D eigenvalue weighted by Crippen LogP contribution is 2.44. The Morgan fingerprint density at radius 1 is 0.339 bits per heavy atom. The van der Waals surface area contributed by atoms with Crippen LogP contribution in [0.5, 0.6) is 0 Å². The minimum atomic E-state index is -0.271. The fourth-order valence-corrected chi connectivity index (χ4v) is 8.96. The van der Waals surface area contributed by atoms with Crippen LogP contribution in [-0.4, -0.2) is 0 Å². The van der Waals surface area contributed by atoms with Crippen LogP contribution in [0.2, 0.25) is 0 Å². The average Bonchev–Trinajstić information content (AvgIpc) is 3.85. The lowest BCUT2D eigenvalue weighted by atomic mass is 10.0. The van der Waals surface area contributed by atoms with Gasteiger partial charge < -0.3 is 18.6 Å². The van der Waals surface area contributed by atoms with Crippen molar-refractivity contribution in [2.75, 3.05) is 9.80 Å². The van der Waals surface area contributed by atoms with Gasteiger partial charge in [0.1, 0.15) is 34.0 Å². The van der Waals surface area contributed by atoms with Gasteiger partial charge in [0.05, 0.1) is 0 Å². The third-order valence-corrected chi connectivity index (χ3v) is 12.3. The van der Waals surface area contributed by atoms with E-state index in [0.29, 0.717) is 11.8 Å². The molecular weight excluding hydrogens is 771 g/mol. The molecule has 6 heteroatoms. The van der Waals surface area contributed by atoms with Gasteiger partial charge in [0.15, 0.2) is 0 Å². The molecule has 9 aromatic carbocycles. The van der Waals surface area contributed by atoms with Gasteiger partial charge in [-0.05, 0) is 167 Å². The van der Waals surface area contributed by atoms with Crippen molar-refractivity contribution < 1.29 is 17.6 Å². The van der Waals surface area contributed by atoms with Crippen molar-refractivity contribution in [3.05, 3.63) is 193 Å². The zero-order chi connectivity index (χ0) is 42.2. The SMILES string of the molecule is CC(C)c1ccc(N(c2ccc(F)cc2)c2ccc3c(ccc4c5cc6oc7c8ccc(N(c9ccc(F)cc9)c9ccc(C(C)C)cc9)cc8ccc7c6cc5oc34)c2)cc1. The predicted octanol–water partition coefficient (Wildman–Crippen LogP) is 17.3. The minimum Gasteiger partial charge on any atom is -0.455 e. The fraction of sp³-hybridized carbons (Fsp3) is 0.107.